The fourth-order valence-electron chi connectivity index (χ4n) is 2.76. The molecule has 1 aromatic heterocycles. The molecule has 0 saturated carbocycles. The van der Waals surface area contributed by atoms with Crippen LogP contribution in [-0.4, -0.2) is 41.8 Å². The van der Waals surface area contributed by atoms with Gasteiger partial charge in [0.2, 0.25) is 0 Å². The molecule has 102 valence electrons. The molecule has 4 heteroatoms. The third-order valence-electron chi connectivity index (χ3n) is 3.65. The van der Waals surface area contributed by atoms with Gasteiger partial charge in [0.05, 0.1) is 5.69 Å². The van der Waals surface area contributed by atoms with Gasteiger partial charge in [-0.05, 0) is 52.3 Å². The smallest absolute Gasteiger partial charge is 0.0794 e. The quantitative estimate of drug-likeness (QED) is 0.782. The standard InChI is InChI=1S/C14H26N4/c1-11(10-18(2)3)15-9-14-12-7-5-4-6-8-13(12)16-17-14/h11,15H,4-10H2,1-3H3,(H,16,17). The van der Waals surface area contributed by atoms with Gasteiger partial charge in [0.15, 0.2) is 0 Å². The number of hydrogen-bond acceptors (Lipinski definition) is 3. The van der Waals surface area contributed by atoms with Crippen molar-refractivity contribution in [2.45, 2.75) is 51.6 Å². The van der Waals surface area contributed by atoms with Crippen LogP contribution < -0.4 is 5.32 Å². The normalized spacial score (nSPS) is 17.6. The number of H-pyrrole nitrogens is 1. The number of nitrogens with zero attached hydrogens (tertiary/aromatic N) is 2. The van der Waals surface area contributed by atoms with Gasteiger partial charge in [0.25, 0.3) is 0 Å². The highest BCUT2D eigenvalue weighted by Crippen LogP contribution is 2.21. The fraction of sp³-hybridized carbons (Fsp3) is 0.786. The molecule has 1 aromatic rings. The molecule has 1 aliphatic carbocycles. The molecule has 1 aliphatic rings. The maximum absolute atomic E-state index is 4.49. The van der Waals surface area contributed by atoms with E-state index in [9.17, 15) is 0 Å². The highest BCUT2D eigenvalue weighted by atomic mass is 15.1. The maximum atomic E-state index is 4.49. The number of hydrogen-bond donors (Lipinski definition) is 2. The molecule has 2 N–H and O–H groups in total. The van der Waals surface area contributed by atoms with Crippen molar-refractivity contribution in [3.05, 3.63) is 17.0 Å². The molecule has 4 nitrogen and oxygen atoms in total. The van der Waals surface area contributed by atoms with Crippen molar-refractivity contribution in [2.24, 2.45) is 0 Å². The Hall–Kier alpha value is -0.870. The zero-order valence-electron chi connectivity index (χ0n) is 11.9. The first-order valence-electron chi connectivity index (χ1n) is 7.10. The molecule has 1 atom stereocenters. The molecule has 1 unspecified atom stereocenters. The number of aryl methyl sites for hydroxylation is 1. The Balaban J connectivity index is 1.91. The van der Waals surface area contributed by atoms with Crippen molar-refractivity contribution in [3.8, 4) is 0 Å². The van der Waals surface area contributed by atoms with Gasteiger partial charge in [0.1, 0.15) is 0 Å². The summed E-state index contributed by atoms with van der Waals surface area (Å²) in [5.74, 6) is 0. The monoisotopic (exact) mass is 250 g/mol. The van der Waals surface area contributed by atoms with Crippen LogP contribution in [0, 0.1) is 0 Å². The van der Waals surface area contributed by atoms with Crippen LogP contribution in [-0.2, 0) is 19.4 Å². The molecule has 0 saturated heterocycles. The minimum Gasteiger partial charge on any atom is -0.308 e. The third-order valence-corrected chi connectivity index (χ3v) is 3.65. The minimum atomic E-state index is 0.498. The van der Waals surface area contributed by atoms with Gasteiger partial charge in [0, 0.05) is 24.8 Å². The lowest BCUT2D eigenvalue weighted by atomic mass is 10.1. The van der Waals surface area contributed by atoms with Crippen LogP contribution in [0.25, 0.3) is 0 Å². The molecule has 0 bridgehead atoms. The number of rotatable bonds is 5. The number of nitrogens with one attached hydrogen (secondary N) is 2. The van der Waals surface area contributed by atoms with Crippen LogP contribution in [0.1, 0.15) is 43.1 Å². The Morgan fingerprint density at radius 2 is 2.06 bits per heavy atom. The average Bonchev–Trinajstić information content (AvgIpc) is 2.54. The van der Waals surface area contributed by atoms with Crippen molar-refractivity contribution in [2.75, 3.05) is 20.6 Å². The number of aromatic nitrogens is 2. The minimum absolute atomic E-state index is 0.498. The van der Waals surface area contributed by atoms with Crippen molar-refractivity contribution in [1.29, 1.82) is 0 Å². The lowest BCUT2D eigenvalue weighted by molar-refractivity contribution is 0.348. The second-order valence-electron chi connectivity index (χ2n) is 5.73. The predicted octanol–water partition coefficient (Wildman–Crippen LogP) is 1.72. The molecule has 0 aliphatic heterocycles. The van der Waals surface area contributed by atoms with E-state index in [1.807, 2.05) is 0 Å². The molecule has 0 aromatic carbocycles. The van der Waals surface area contributed by atoms with E-state index in [0.29, 0.717) is 6.04 Å². The van der Waals surface area contributed by atoms with E-state index >= 15 is 0 Å². The highest BCUT2D eigenvalue weighted by Gasteiger charge is 2.15. The van der Waals surface area contributed by atoms with Crippen molar-refractivity contribution < 1.29 is 0 Å². The van der Waals surface area contributed by atoms with Crippen molar-refractivity contribution in [1.82, 2.24) is 20.4 Å². The van der Waals surface area contributed by atoms with Gasteiger partial charge < -0.3 is 10.2 Å². The van der Waals surface area contributed by atoms with E-state index in [-0.39, 0.29) is 0 Å². The number of fused-ring (bicyclic) bond motifs is 1. The second kappa shape index (κ2) is 6.34. The Kier molecular flexibility index (Phi) is 4.78. The van der Waals surface area contributed by atoms with Gasteiger partial charge in [-0.15, -0.1) is 0 Å². The van der Waals surface area contributed by atoms with Crippen LogP contribution in [0.3, 0.4) is 0 Å². The first-order valence-corrected chi connectivity index (χ1v) is 7.10. The summed E-state index contributed by atoms with van der Waals surface area (Å²) < 4.78 is 0. The molecule has 1 heterocycles. The summed E-state index contributed by atoms with van der Waals surface area (Å²) >= 11 is 0. The Morgan fingerprint density at radius 3 is 2.83 bits per heavy atom. The third kappa shape index (κ3) is 3.56. The van der Waals surface area contributed by atoms with Crippen LogP contribution in [0.5, 0.6) is 0 Å². The van der Waals surface area contributed by atoms with Crippen LogP contribution >= 0.6 is 0 Å². The zero-order chi connectivity index (χ0) is 13.0. The van der Waals surface area contributed by atoms with Gasteiger partial charge in [-0.2, -0.15) is 5.10 Å². The molecular weight excluding hydrogens is 224 g/mol. The molecule has 0 amide bonds. The van der Waals surface area contributed by atoms with Gasteiger partial charge in [-0.1, -0.05) is 6.42 Å². The Morgan fingerprint density at radius 1 is 1.28 bits per heavy atom. The Labute approximate surface area is 110 Å². The lowest BCUT2D eigenvalue weighted by Crippen LogP contribution is -2.35. The number of likely N-dealkylation sites (N-methyl/N-ethyl adjacent to an activating group) is 1. The molecule has 0 fully saturated rings. The van der Waals surface area contributed by atoms with Crippen LogP contribution in [0.4, 0.5) is 0 Å². The van der Waals surface area contributed by atoms with Crippen LogP contribution in [0.15, 0.2) is 0 Å². The van der Waals surface area contributed by atoms with Gasteiger partial charge >= 0.3 is 0 Å². The lowest BCUT2D eigenvalue weighted by Gasteiger charge is -2.18. The Bertz CT molecular complexity index is 370. The topological polar surface area (TPSA) is 44.0 Å². The predicted molar refractivity (Wildman–Crippen MR) is 74.7 cm³/mol. The summed E-state index contributed by atoms with van der Waals surface area (Å²) in [5, 5.41) is 11.3. The molecular formula is C14H26N4. The highest BCUT2D eigenvalue weighted by molar-refractivity contribution is 5.26. The SMILES string of the molecule is CC(CN(C)C)NCc1n[nH]c2c1CCCCC2. The van der Waals surface area contributed by atoms with Gasteiger partial charge in [-0.3, -0.25) is 5.10 Å². The summed E-state index contributed by atoms with van der Waals surface area (Å²) in [6, 6.07) is 0.498. The molecule has 0 radical (unpaired) electrons. The van der Waals surface area contributed by atoms with E-state index in [4.69, 9.17) is 0 Å². The summed E-state index contributed by atoms with van der Waals surface area (Å²) in [4.78, 5) is 2.21. The molecule has 18 heavy (non-hydrogen) atoms. The maximum Gasteiger partial charge on any atom is 0.0794 e. The van der Waals surface area contributed by atoms with E-state index in [0.717, 1.165) is 13.1 Å². The fourth-order valence-corrected chi connectivity index (χ4v) is 2.76. The summed E-state index contributed by atoms with van der Waals surface area (Å²) in [6.07, 6.45) is 6.35. The van der Waals surface area contributed by atoms with Gasteiger partial charge in [-0.25, -0.2) is 0 Å². The first-order chi connectivity index (χ1) is 8.66. The summed E-state index contributed by atoms with van der Waals surface area (Å²) in [6.45, 7) is 4.18. The van der Waals surface area contributed by atoms with Crippen molar-refractivity contribution >= 4 is 0 Å². The van der Waals surface area contributed by atoms with E-state index in [1.54, 1.807) is 0 Å². The second-order valence-corrected chi connectivity index (χ2v) is 5.73. The molecule has 2 rings (SSSR count). The summed E-state index contributed by atoms with van der Waals surface area (Å²) in [5.41, 5.74) is 4.10. The average molecular weight is 250 g/mol. The zero-order valence-corrected chi connectivity index (χ0v) is 11.9. The van der Waals surface area contributed by atoms with E-state index in [2.05, 4.69) is 41.4 Å². The van der Waals surface area contributed by atoms with E-state index in [1.165, 1.54) is 49.1 Å². The first kappa shape index (κ1) is 13.6. The van der Waals surface area contributed by atoms with Crippen LogP contribution in [0.2, 0.25) is 0 Å². The molecule has 0 spiro atoms. The van der Waals surface area contributed by atoms with Crippen molar-refractivity contribution in [3.63, 3.8) is 0 Å². The number of aromatic amines is 1. The van der Waals surface area contributed by atoms with E-state index < -0.39 is 0 Å². The summed E-state index contributed by atoms with van der Waals surface area (Å²) in [7, 11) is 4.22. The largest absolute Gasteiger partial charge is 0.308 e.